The van der Waals surface area contributed by atoms with Gasteiger partial charge in [0.15, 0.2) is 5.96 Å². The topological polar surface area (TPSA) is 151 Å². The first-order chi connectivity index (χ1) is 16.7. The van der Waals surface area contributed by atoms with E-state index in [-0.39, 0.29) is 5.96 Å². The van der Waals surface area contributed by atoms with E-state index in [1.54, 1.807) is 0 Å². The van der Waals surface area contributed by atoms with E-state index in [9.17, 15) is 0 Å². The quantitative estimate of drug-likeness (QED) is 0.0268. The summed E-state index contributed by atoms with van der Waals surface area (Å²) in [7, 11) is 0. The Morgan fingerprint density at radius 3 is 1.47 bits per heavy atom. The molecule has 0 aliphatic heterocycles. The van der Waals surface area contributed by atoms with Gasteiger partial charge in [0.1, 0.15) is 0 Å². The van der Waals surface area contributed by atoms with Crippen LogP contribution in [0.4, 0.5) is 0 Å². The summed E-state index contributed by atoms with van der Waals surface area (Å²) in [4.78, 5) is 4.50. The molecule has 0 spiro atoms. The molecular weight excluding hydrogens is 426 g/mol. The summed E-state index contributed by atoms with van der Waals surface area (Å²) >= 11 is 0. The van der Waals surface area contributed by atoms with E-state index in [2.05, 4.69) is 39.5 Å². The van der Waals surface area contributed by atoms with Crippen LogP contribution in [-0.2, 0) is 0 Å². The normalized spacial score (nSPS) is 12.2. The Morgan fingerprint density at radius 1 is 0.588 bits per heavy atom. The van der Waals surface area contributed by atoms with E-state index in [4.69, 9.17) is 17.3 Å². The van der Waals surface area contributed by atoms with Crippen LogP contribution in [0.1, 0.15) is 142 Å². The van der Waals surface area contributed by atoms with Crippen molar-refractivity contribution in [2.24, 2.45) is 22.3 Å². The first-order valence-electron chi connectivity index (χ1n) is 14.2. The highest BCUT2D eigenvalue weighted by Gasteiger charge is 2.07. The predicted molar refractivity (Wildman–Crippen MR) is 147 cm³/mol. The molecule has 0 aliphatic rings. The van der Waals surface area contributed by atoms with Crippen molar-refractivity contribution in [1.29, 1.82) is 0 Å². The molecule has 0 bridgehead atoms. The van der Waals surface area contributed by atoms with Crippen molar-refractivity contribution in [1.82, 2.24) is 27.6 Å². The average Bonchev–Trinajstić information content (AvgIpc) is 2.82. The number of nitrogens with two attached hydrogens (primary N) is 3. The fourth-order valence-corrected chi connectivity index (χ4v) is 4.36. The molecule has 0 radical (unpaired) electrons. The number of nitrogens with zero attached hydrogens (tertiary/aromatic N) is 1. The number of guanidine groups is 1. The smallest absolute Gasteiger partial charge is 0.186 e. The lowest BCUT2D eigenvalue weighted by molar-refractivity contribution is 0.326. The minimum Gasteiger partial charge on any atom is -0.370 e. The molecule has 0 saturated carbocycles. The molecule has 204 valence electrons. The minimum atomic E-state index is 0.253. The highest BCUT2D eigenvalue weighted by molar-refractivity contribution is 5.75. The Kier molecular flexibility index (Phi) is 27.5. The van der Waals surface area contributed by atoms with Crippen LogP contribution in [0.5, 0.6) is 0 Å². The van der Waals surface area contributed by atoms with E-state index in [0.717, 1.165) is 25.8 Å². The lowest BCUT2D eigenvalue weighted by Crippen LogP contribution is -2.57. The Bertz CT molecular complexity index is 417. The van der Waals surface area contributed by atoms with Crippen molar-refractivity contribution >= 4 is 5.96 Å². The predicted octanol–water partition coefficient (Wildman–Crippen LogP) is 4.32. The number of hydrogen-bond donors (Lipinski definition) is 8. The van der Waals surface area contributed by atoms with Crippen molar-refractivity contribution in [2.75, 3.05) is 6.54 Å². The van der Waals surface area contributed by atoms with Crippen molar-refractivity contribution in [3.05, 3.63) is 0 Å². The van der Waals surface area contributed by atoms with Gasteiger partial charge in [-0.1, -0.05) is 122 Å². The van der Waals surface area contributed by atoms with Gasteiger partial charge in [-0.05, 0) is 19.3 Å². The summed E-state index contributed by atoms with van der Waals surface area (Å²) in [6, 6.07) is 0.319. The van der Waals surface area contributed by atoms with Gasteiger partial charge in [-0.2, -0.15) is 22.1 Å². The molecule has 1 unspecified atom stereocenters. The number of aliphatic imine (C=N–C) groups is 1. The van der Waals surface area contributed by atoms with Crippen LogP contribution < -0.4 is 44.9 Å². The Labute approximate surface area is 210 Å². The molecule has 1 atom stereocenters. The van der Waals surface area contributed by atoms with Gasteiger partial charge in [0.05, 0.1) is 6.04 Å². The number of nitrogens with one attached hydrogen (secondary N) is 5. The van der Waals surface area contributed by atoms with Gasteiger partial charge >= 0.3 is 0 Å². The van der Waals surface area contributed by atoms with E-state index in [0.29, 0.717) is 6.04 Å². The van der Waals surface area contributed by atoms with Crippen molar-refractivity contribution in [3.8, 4) is 0 Å². The summed E-state index contributed by atoms with van der Waals surface area (Å²) in [6.45, 7) is 3.20. The third-order valence-corrected chi connectivity index (χ3v) is 6.35. The molecule has 0 amide bonds. The van der Waals surface area contributed by atoms with Gasteiger partial charge < -0.3 is 11.5 Å². The summed E-state index contributed by atoms with van der Waals surface area (Å²) < 4.78 is 0. The van der Waals surface area contributed by atoms with Crippen molar-refractivity contribution in [2.45, 2.75) is 148 Å². The maximum Gasteiger partial charge on any atom is 0.186 e. The fraction of sp³-hybridized carbons (Fsp3) is 0.960. The summed E-state index contributed by atoms with van der Waals surface area (Å²) in [6.07, 6.45) is 27.6. The first kappa shape index (κ1) is 33.0. The largest absolute Gasteiger partial charge is 0.370 e. The fourth-order valence-electron chi connectivity index (χ4n) is 4.36. The maximum atomic E-state index is 5.68. The van der Waals surface area contributed by atoms with Gasteiger partial charge in [0, 0.05) is 6.54 Å². The molecule has 0 aromatic heterocycles. The van der Waals surface area contributed by atoms with Crippen LogP contribution in [0.25, 0.3) is 0 Å². The Morgan fingerprint density at radius 2 is 1.03 bits per heavy atom. The number of hydrazine groups is 5. The molecule has 0 heterocycles. The maximum absolute atomic E-state index is 5.68. The zero-order chi connectivity index (χ0) is 25.0. The van der Waals surface area contributed by atoms with Crippen LogP contribution >= 0.6 is 0 Å². The van der Waals surface area contributed by atoms with E-state index in [1.807, 2.05) is 0 Å². The zero-order valence-corrected chi connectivity index (χ0v) is 22.3. The third kappa shape index (κ3) is 27.3. The Balaban J connectivity index is 3.51. The molecule has 0 fully saturated rings. The molecule has 0 aromatic carbocycles. The highest BCUT2D eigenvalue weighted by Crippen LogP contribution is 2.17. The van der Waals surface area contributed by atoms with E-state index >= 15 is 0 Å². The summed E-state index contributed by atoms with van der Waals surface area (Å²) in [5.41, 5.74) is 24.6. The number of rotatable bonds is 28. The molecule has 9 heteroatoms. The summed E-state index contributed by atoms with van der Waals surface area (Å²) in [5, 5.41) is 0. The van der Waals surface area contributed by atoms with E-state index in [1.165, 1.54) is 116 Å². The molecule has 11 N–H and O–H groups in total. The van der Waals surface area contributed by atoms with Crippen LogP contribution in [-0.4, -0.2) is 18.5 Å². The Hall–Kier alpha value is -0.970. The first-order valence-corrected chi connectivity index (χ1v) is 14.2. The van der Waals surface area contributed by atoms with Crippen molar-refractivity contribution in [3.63, 3.8) is 0 Å². The number of hydrogen-bond acceptors (Lipinski definition) is 7. The molecular formula is C25H59N9. The SMILES string of the molecule is CCCCCCCCCCCCC(CCCCCCCCCCCNNNNNN)N=C(N)N. The monoisotopic (exact) mass is 485 g/mol. The van der Waals surface area contributed by atoms with Crippen molar-refractivity contribution < 1.29 is 0 Å². The highest BCUT2D eigenvalue weighted by atomic mass is 15.8. The second-order valence-corrected chi connectivity index (χ2v) is 9.60. The van der Waals surface area contributed by atoms with Crippen LogP contribution in [0.15, 0.2) is 4.99 Å². The molecule has 0 aliphatic carbocycles. The van der Waals surface area contributed by atoms with Crippen LogP contribution in [0, 0.1) is 0 Å². The zero-order valence-electron chi connectivity index (χ0n) is 22.3. The van der Waals surface area contributed by atoms with Gasteiger partial charge in [0.2, 0.25) is 0 Å². The number of unbranched alkanes of at least 4 members (excludes halogenated alkanes) is 17. The average molecular weight is 486 g/mol. The van der Waals surface area contributed by atoms with Gasteiger partial charge in [-0.3, -0.25) is 10.8 Å². The lowest BCUT2D eigenvalue weighted by Gasteiger charge is -2.13. The second kappa shape index (κ2) is 28.3. The van der Waals surface area contributed by atoms with Crippen LogP contribution in [0.3, 0.4) is 0 Å². The minimum absolute atomic E-state index is 0.253. The van der Waals surface area contributed by atoms with E-state index < -0.39 is 0 Å². The summed E-state index contributed by atoms with van der Waals surface area (Å²) in [5.74, 6) is 5.30. The van der Waals surface area contributed by atoms with Gasteiger partial charge in [-0.25, -0.2) is 5.43 Å². The van der Waals surface area contributed by atoms with Crippen LogP contribution in [0.2, 0.25) is 0 Å². The lowest BCUT2D eigenvalue weighted by atomic mass is 10.00. The second-order valence-electron chi connectivity index (χ2n) is 9.60. The molecule has 0 rings (SSSR count). The standard InChI is InChI=1S/C25H59N9/c1-2-3-4-5-6-7-9-12-15-18-21-24(30-25(26)27)22-19-16-13-10-8-11-14-17-20-23-29-32-34-33-31-28/h24,29,31-34H,2-23,28H2,1H3,(H4,26,27,30). The third-order valence-electron chi connectivity index (χ3n) is 6.35. The molecule has 0 saturated heterocycles. The van der Waals surface area contributed by atoms with Gasteiger partial charge in [-0.15, -0.1) is 0 Å². The molecule has 34 heavy (non-hydrogen) atoms. The van der Waals surface area contributed by atoms with Gasteiger partial charge in [0.25, 0.3) is 0 Å². The molecule has 9 nitrogen and oxygen atoms in total. The molecule has 0 aromatic rings.